The normalized spacial score (nSPS) is 19.0. The molecule has 3 amide bonds. The zero-order valence-corrected chi connectivity index (χ0v) is 18.8. The van der Waals surface area contributed by atoms with Crippen LogP contribution in [0.4, 0.5) is 4.79 Å². The standard InChI is InChI=1S/C21H25ClN2O5S/c1-4-13(2)29-19-15(22)9-14(10-16(19)28-3)11-17-20(26)24(21(27)30-17)12-18(25)23-7-5-6-8-23/h9-11,13H,4-8,12H2,1-3H3/b17-11+/t13-/m0/s1. The monoisotopic (exact) mass is 452 g/mol. The summed E-state index contributed by atoms with van der Waals surface area (Å²) in [4.78, 5) is 40.3. The van der Waals surface area contributed by atoms with Crippen molar-refractivity contribution in [3.8, 4) is 11.5 Å². The molecule has 0 N–H and O–H groups in total. The van der Waals surface area contributed by atoms with Crippen LogP contribution in [0.25, 0.3) is 6.08 Å². The molecule has 0 aliphatic carbocycles. The predicted octanol–water partition coefficient (Wildman–Crippen LogP) is 4.18. The first kappa shape index (κ1) is 22.5. The zero-order chi connectivity index (χ0) is 21.8. The molecule has 0 unspecified atom stereocenters. The van der Waals surface area contributed by atoms with Crippen LogP contribution in [0.2, 0.25) is 5.02 Å². The summed E-state index contributed by atoms with van der Waals surface area (Å²) in [7, 11) is 1.51. The molecular formula is C21H25ClN2O5S. The Hall–Kier alpha value is -2.19. The van der Waals surface area contributed by atoms with Crippen molar-refractivity contribution in [2.45, 2.75) is 39.2 Å². The van der Waals surface area contributed by atoms with Crippen LogP contribution in [0, 0.1) is 0 Å². The number of thioether (sulfide) groups is 1. The van der Waals surface area contributed by atoms with Gasteiger partial charge in [-0.15, -0.1) is 0 Å². The Morgan fingerprint density at radius 1 is 1.30 bits per heavy atom. The van der Waals surface area contributed by atoms with E-state index in [4.69, 9.17) is 21.1 Å². The summed E-state index contributed by atoms with van der Waals surface area (Å²) in [6.45, 7) is 5.06. The van der Waals surface area contributed by atoms with Crippen molar-refractivity contribution in [3.63, 3.8) is 0 Å². The fraction of sp³-hybridized carbons (Fsp3) is 0.476. The lowest BCUT2D eigenvalue weighted by Crippen LogP contribution is -2.40. The minimum atomic E-state index is -0.479. The zero-order valence-electron chi connectivity index (χ0n) is 17.3. The van der Waals surface area contributed by atoms with Crippen LogP contribution >= 0.6 is 23.4 Å². The van der Waals surface area contributed by atoms with Crippen molar-refractivity contribution in [1.82, 2.24) is 9.80 Å². The molecule has 2 aliphatic rings. The number of carbonyl (C=O) groups is 3. The van der Waals surface area contributed by atoms with E-state index in [-0.39, 0.29) is 23.5 Å². The molecule has 0 saturated carbocycles. The van der Waals surface area contributed by atoms with E-state index in [9.17, 15) is 14.4 Å². The second kappa shape index (κ2) is 9.75. The minimum Gasteiger partial charge on any atom is -0.493 e. The van der Waals surface area contributed by atoms with E-state index in [1.54, 1.807) is 23.1 Å². The number of nitrogens with zero attached hydrogens (tertiary/aromatic N) is 2. The van der Waals surface area contributed by atoms with E-state index >= 15 is 0 Å². The van der Waals surface area contributed by atoms with Crippen molar-refractivity contribution in [1.29, 1.82) is 0 Å². The molecule has 2 heterocycles. The number of methoxy groups -OCH3 is 1. The van der Waals surface area contributed by atoms with Crippen LogP contribution in [0.3, 0.4) is 0 Å². The van der Waals surface area contributed by atoms with E-state index in [2.05, 4.69) is 0 Å². The Labute approximate surface area is 185 Å². The molecule has 0 spiro atoms. The maximum Gasteiger partial charge on any atom is 0.294 e. The van der Waals surface area contributed by atoms with Crippen LogP contribution in [0.5, 0.6) is 11.5 Å². The average molecular weight is 453 g/mol. The van der Waals surface area contributed by atoms with Gasteiger partial charge in [-0.2, -0.15) is 0 Å². The SMILES string of the molecule is CC[C@H](C)Oc1c(Cl)cc(/C=C2/SC(=O)N(CC(=O)N3CCCC3)C2=O)cc1OC. The third kappa shape index (κ3) is 4.92. The minimum absolute atomic E-state index is 0.0353. The second-order valence-electron chi connectivity index (χ2n) is 7.23. The molecule has 162 valence electrons. The van der Waals surface area contributed by atoms with E-state index in [1.807, 2.05) is 13.8 Å². The van der Waals surface area contributed by atoms with Crippen LogP contribution < -0.4 is 9.47 Å². The highest BCUT2D eigenvalue weighted by molar-refractivity contribution is 8.18. The van der Waals surface area contributed by atoms with Gasteiger partial charge in [-0.3, -0.25) is 19.3 Å². The van der Waals surface area contributed by atoms with Gasteiger partial charge < -0.3 is 14.4 Å². The van der Waals surface area contributed by atoms with Crippen molar-refractivity contribution < 1.29 is 23.9 Å². The van der Waals surface area contributed by atoms with Crippen LogP contribution in [0.1, 0.15) is 38.7 Å². The van der Waals surface area contributed by atoms with Gasteiger partial charge >= 0.3 is 0 Å². The fourth-order valence-corrected chi connectivity index (χ4v) is 4.31. The van der Waals surface area contributed by atoms with Crippen molar-refractivity contribution in [2.24, 2.45) is 0 Å². The number of carbonyl (C=O) groups excluding carboxylic acids is 3. The molecule has 30 heavy (non-hydrogen) atoms. The lowest BCUT2D eigenvalue weighted by Gasteiger charge is -2.18. The Bertz CT molecular complexity index is 882. The number of likely N-dealkylation sites (tertiary alicyclic amines) is 1. The number of imide groups is 1. The van der Waals surface area contributed by atoms with Gasteiger partial charge in [0.25, 0.3) is 11.1 Å². The number of halogens is 1. The number of hydrogen-bond donors (Lipinski definition) is 0. The van der Waals surface area contributed by atoms with E-state index in [0.717, 1.165) is 35.9 Å². The summed E-state index contributed by atoms with van der Waals surface area (Å²) in [5, 5.41) is -0.0991. The summed E-state index contributed by atoms with van der Waals surface area (Å²) in [6, 6.07) is 3.36. The smallest absolute Gasteiger partial charge is 0.294 e. The van der Waals surface area contributed by atoms with Gasteiger partial charge in [-0.1, -0.05) is 18.5 Å². The molecule has 2 saturated heterocycles. The third-order valence-corrected chi connectivity index (χ3v) is 6.26. The quantitative estimate of drug-likeness (QED) is 0.577. The fourth-order valence-electron chi connectivity index (χ4n) is 3.21. The molecule has 1 aromatic rings. The Morgan fingerprint density at radius 3 is 2.63 bits per heavy atom. The first-order chi connectivity index (χ1) is 14.3. The van der Waals surface area contributed by atoms with Gasteiger partial charge in [-0.25, -0.2) is 0 Å². The van der Waals surface area contributed by atoms with Gasteiger partial charge in [0.15, 0.2) is 11.5 Å². The highest BCUT2D eigenvalue weighted by Crippen LogP contribution is 2.39. The lowest BCUT2D eigenvalue weighted by molar-refractivity contribution is -0.135. The second-order valence-corrected chi connectivity index (χ2v) is 8.63. The molecule has 7 nitrogen and oxygen atoms in total. The molecule has 1 atom stereocenters. The number of rotatable bonds is 7. The van der Waals surface area contributed by atoms with E-state index in [1.165, 1.54) is 7.11 Å². The van der Waals surface area contributed by atoms with Crippen LogP contribution in [-0.2, 0) is 9.59 Å². The Kier molecular flexibility index (Phi) is 7.31. The Balaban J connectivity index is 1.79. The summed E-state index contributed by atoms with van der Waals surface area (Å²) < 4.78 is 11.2. The Morgan fingerprint density at radius 2 is 2.00 bits per heavy atom. The van der Waals surface area contributed by atoms with Gasteiger partial charge in [-0.05, 0) is 61.7 Å². The van der Waals surface area contributed by atoms with Crippen LogP contribution in [0.15, 0.2) is 17.0 Å². The van der Waals surface area contributed by atoms with Gasteiger partial charge in [0.1, 0.15) is 6.54 Å². The number of hydrogen-bond acceptors (Lipinski definition) is 6. The van der Waals surface area contributed by atoms with Crippen molar-refractivity contribution >= 4 is 46.5 Å². The number of amides is 3. The van der Waals surface area contributed by atoms with Gasteiger partial charge in [0.2, 0.25) is 5.91 Å². The first-order valence-electron chi connectivity index (χ1n) is 9.91. The maximum absolute atomic E-state index is 12.7. The molecule has 1 aromatic carbocycles. The predicted molar refractivity (Wildman–Crippen MR) is 117 cm³/mol. The van der Waals surface area contributed by atoms with Gasteiger partial charge in [0, 0.05) is 13.1 Å². The summed E-state index contributed by atoms with van der Waals surface area (Å²) in [6.07, 6.45) is 4.25. The van der Waals surface area contributed by atoms with Crippen molar-refractivity contribution in [2.75, 3.05) is 26.7 Å². The van der Waals surface area contributed by atoms with Crippen molar-refractivity contribution in [3.05, 3.63) is 27.6 Å². The molecule has 0 bridgehead atoms. The highest BCUT2D eigenvalue weighted by Gasteiger charge is 2.37. The number of ether oxygens (including phenoxy) is 2. The molecular weight excluding hydrogens is 428 g/mol. The lowest BCUT2D eigenvalue weighted by atomic mass is 10.1. The van der Waals surface area contributed by atoms with Gasteiger partial charge in [0.05, 0.1) is 23.1 Å². The largest absolute Gasteiger partial charge is 0.493 e. The maximum atomic E-state index is 12.7. The molecule has 3 rings (SSSR count). The summed E-state index contributed by atoms with van der Waals surface area (Å²) >= 11 is 7.19. The topological polar surface area (TPSA) is 76.2 Å². The molecule has 2 fully saturated rings. The molecule has 9 heteroatoms. The molecule has 0 aromatic heterocycles. The first-order valence-corrected chi connectivity index (χ1v) is 11.1. The number of benzene rings is 1. The van der Waals surface area contributed by atoms with E-state index < -0.39 is 11.1 Å². The van der Waals surface area contributed by atoms with E-state index in [0.29, 0.717) is 35.2 Å². The highest BCUT2D eigenvalue weighted by atomic mass is 35.5. The van der Waals surface area contributed by atoms with Crippen LogP contribution in [-0.4, -0.2) is 59.7 Å². The third-order valence-electron chi connectivity index (χ3n) is 5.07. The summed E-state index contributed by atoms with van der Waals surface area (Å²) in [5.41, 5.74) is 0.602. The average Bonchev–Trinajstić information content (AvgIpc) is 3.34. The molecule has 2 aliphatic heterocycles. The molecule has 0 radical (unpaired) electrons. The summed E-state index contributed by atoms with van der Waals surface area (Å²) in [5.74, 6) is 0.201.